The van der Waals surface area contributed by atoms with Crippen molar-refractivity contribution in [2.75, 3.05) is 46.3 Å². The molecule has 2 aliphatic heterocycles. The Labute approximate surface area is 456 Å². The highest BCUT2D eigenvalue weighted by Crippen LogP contribution is 2.32. The third kappa shape index (κ3) is 14.7. The standard InChI is InChI=1S/C62H85N9O6/c1-41(2)57(72)66-55(45-21-13-7-14-22-45)61(76)70-37-51(63)35-53(70)39-68(31-29-43-17-9-5-10-18-43)59(74)49-27-25-48-34-50(28-26-47(48)33-49)60(75)69(32-30-44-19-11-6-12-20-44)40-54-36-52(64)38-71(54)62(77)56(46-23-15-8-16-24-46)67-58(73)42(3)65-4/h5-6,9-12,17-20,25-28,33-34,41-42,45-46,51-56,65H,7-8,13-16,21-24,29-32,35-40,63-64H2,1-4H3,(H,66,72)(H,67,73)/t42-,51-,52-,53-,54-,55-,56-/m0/s1. The monoisotopic (exact) mass is 1050 g/mol. The van der Waals surface area contributed by atoms with Crippen LogP contribution in [0.4, 0.5) is 0 Å². The molecule has 4 aromatic rings. The summed E-state index contributed by atoms with van der Waals surface area (Å²) in [7, 11) is 1.73. The van der Waals surface area contributed by atoms with Gasteiger partial charge in [0, 0.05) is 68.4 Å². The van der Waals surface area contributed by atoms with Gasteiger partial charge in [0.05, 0.1) is 18.1 Å². The molecule has 6 amide bonds. The molecule has 2 saturated heterocycles. The average molecular weight is 1050 g/mol. The number of likely N-dealkylation sites (N-methyl/N-ethyl adjacent to an activating group) is 1. The van der Waals surface area contributed by atoms with Crippen LogP contribution in [0.1, 0.15) is 130 Å². The van der Waals surface area contributed by atoms with Crippen LogP contribution in [0.2, 0.25) is 0 Å². The summed E-state index contributed by atoms with van der Waals surface area (Å²) in [4.78, 5) is 93.1. The third-order valence-electron chi connectivity index (χ3n) is 17.0. The first-order chi connectivity index (χ1) is 37.2. The van der Waals surface area contributed by atoms with Gasteiger partial charge in [-0.05, 0) is 123 Å². The van der Waals surface area contributed by atoms with E-state index in [1.165, 1.54) is 0 Å². The molecule has 7 N–H and O–H groups in total. The summed E-state index contributed by atoms with van der Waals surface area (Å²) in [5.74, 6) is -1.16. The number of fused-ring (bicyclic) bond motifs is 1. The fourth-order valence-corrected chi connectivity index (χ4v) is 12.3. The fourth-order valence-electron chi connectivity index (χ4n) is 12.3. The van der Waals surface area contributed by atoms with Crippen molar-refractivity contribution in [2.24, 2.45) is 29.2 Å². The number of hydrogen-bond donors (Lipinski definition) is 5. The predicted molar refractivity (Wildman–Crippen MR) is 303 cm³/mol. The van der Waals surface area contributed by atoms with Crippen molar-refractivity contribution >= 4 is 46.2 Å². The minimum Gasteiger partial charge on any atom is -0.344 e. The average Bonchev–Trinajstić information content (AvgIpc) is 4.05. The van der Waals surface area contributed by atoms with Gasteiger partial charge < -0.3 is 47.0 Å². The molecule has 15 heteroatoms. The van der Waals surface area contributed by atoms with Crippen molar-refractivity contribution in [3.05, 3.63) is 119 Å². The maximum absolute atomic E-state index is 14.9. The Morgan fingerprint density at radius 3 is 1.35 bits per heavy atom. The summed E-state index contributed by atoms with van der Waals surface area (Å²) in [5.41, 5.74) is 16.5. The highest BCUT2D eigenvalue weighted by Gasteiger charge is 2.43. The second-order valence-electron chi connectivity index (χ2n) is 23.0. The number of carbonyl (C=O) groups is 6. The second kappa shape index (κ2) is 26.9. The Kier molecular flexibility index (Phi) is 20.0. The van der Waals surface area contributed by atoms with Crippen molar-refractivity contribution in [2.45, 2.75) is 153 Å². The van der Waals surface area contributed by atoms with Gasteiger partial charge in [0.15, 0.2) is 0 Å². The van der Waals surface area contributed by atoms with Crippen LogP contribution in [0.5, 0.6) is 0 Å². The van der Waals surface area contributed by atoms with E-state index < -0.39 is 18.1 Å². The Balaban J connectivity index is 1.03. The molecule has 2 heterocycles. The minimum atomic E-state index is -0.679. The zero-order chi connectivity index (χ0) is 54.6. The molecule has 0 unspecified atom stereocenters. The lowest BCUT2D eigenvalue weighted by molar-refractivity contribution is -0.140. The van der Waals surface area contributed by atoms with Crippen LogP contribution in [0.25, 0.3) is 10.8 Å². The van der Waals surface area contributed by atoms with Crippen molar-refractivity contribution < 1.29 is 28.8 Å². The lowest BCUT2D eigenvalue weighted by Gasteiger charge is -2.37. The van der Waals surface area contributed by atoms with E-state index in [-0.39, 0.29) is 90.5 Å². The molecule has 0 aromatic heterocycles. The van der Waals surface area contributed by atoms with Gasteiger partial charge in [-0.2, -0.15) is 0 Å². The van der Waals surface area contributed by atoms with Gasteiger partial charge in [-0.3, -0.25) is 28.8 Å². The van der Waals surface area contributed by atoms with Crippen LogP contribution in [0.15, 0.2) is 97.1 Å². The number of benzene rings is 4. The van der Waals surface area contributed by atoms with Crippen molar-refractivity contribution in [3.63, 3.8) is 0 Å². The zero-order valence-corrected chi connectivity index (χ0v) is 46.0. The van der Waals surface area contributed by atoms with E-state index in [2.05, 4.69) is 16.0 Å². The van der Waals surface area contributed by atoms with Crippen LogP contribution in [-0.2, 0) is 32.0 Å². The molecule has 4 aromatic carbocycles. The molecule has 4 fully saturated rings. The first-order valence-corrected chi connectivity index (χ1v) is 28.8. The number of nitrogens with two attached hydrogens (primary N) is 2. The Morgan fingerprint density at radius 2 is 0.961 bits per heavy atom. The topological polar surface area (TPSA) is 204 Å². The molecule has 15 nitrogen and oxygen atoms in total. The molecule has 8 rings (SSSR count). The number of likely N-dealkylation sites (tertiary alicyclic amines) is 2. The Morgan fingerprint density at radius 1 is 0.558 bits per heavy atom. The van der Waals surface area contributed by atoms with E-state index >= 15 is 0 Å². The number of nitrogens with zero attached hydrogens (tertiary/aromatic N) is 4. The number of amides is 6. The molecule has 0 spiro atoms. The molecule has 2 saturated carbocycles. The molecule has 4 aliphatic rings. The lowest BCUT2D eigenvalue weighted by Crippen LogP contribution is -2.57. The number of rotatable bonds is 21. The Hall–Kier alpha value is -6.16. The lowest BCUT2D eigenvalue weighted by atomic mass is 9.83. The predicted octanol–water partition coefficient (Wildman–Crippen LogP) is 6.46. The summed E-state index contributed by atoms with van der Waals surface area (Å²) >= 11 is 0. The first-order valence-electron chi connectivity index (χ1n) is 28.8. The van der Waals surface area contributed by atoms with Crippen LogP contribution in [-0.4, -0.2) is 144 Å². The van der Waals surface area contributed by atoms with Crippen LogP contribution in [0, 0.1) is 17.8 Å². The van der Waals surface area contributed by atoms with Crippen molar-refractivity contribution in [1.82, 2.24) is 35.6 Å². The third-order valence-corrected chi connectivity index (χ3v) is 17.0. The van der Waals surface area contributed by atoms with E-state index in [1.807, 2.05) is 131 Å². The second-order valence-corrected chi connectivity index (χ2v) is 23.0. The summed E-state index contributed by atoms with van der Waals surface area (Å²) in [6.45, 7) is 7.55. The molecule has 0 radical (unpaired) electrons. The summed E-state index contributed by atoms with van der Waals surface area (Å²) < 4.78 is 0. The van der Waals surface area contributed by atoms with E-state index in [1.54, 1.807) is 14.0 Å². The molecule has 414 valence electrons. The largest absolute Gasteiger partial charge is 0.344 e. The SMILES string of the molecule is CN[C@@H](C)C(=O)N[C@H](C(=O)N1C[C@@H](N)C[C@H]1CN(CCc1ccccc1)C(=O)c1ccc2cc(C(=O)N(CCc3ccccc3)C[C@@H]3C[C@H](N)CN3C(=O)[C@@H](NC(=O)C(C)C)C3CCCCC3)ccc2c1)C1CCCCC1. The van der Waals surface area contributed by atoms with E-state index in [9.17, 15) is 28.8 Å². The zero-order valence-electron chi connectivity index (χ0n) is 46.0. The number of carbonyl (C=O) groups excluding carboxylic acids is 6. The van der Waals surface area contributed by atoms with Crippen LogP contribution < -0.4 is 27.4 Å². The summed E-state index contributed by atoms with van der Waals surface area (Å²) in [6, 6.07) is 28.2. The molecule has 0 bridgehead atoms. The van der Waals surface area contributed by atoms with Gasteiger partial charge in [0.25, 0.3) is 11.8 Å². The smallest absolute Gasteiger partial charge is 0.253 e. The maximum atomic E-state index is 14.9. The molecule has 2 aliphatic carbocycles. The van der Waals surface area contributed by atoms with E-state index in [4.69, 9.17) is 11.5 Å². The van der Waals surface area contributed by atoms with Gasteiger partial charge in [0.1, 0.15) is 12.1 Å². The van der Waals surface area contributed by atoms with Crippen molar-refractivity contribution in [1.29, 1.82) is 0 Å². The summed E-state index contributed by atoms with van der Waals surface area (Å²) in [6.07, 6.45) is 12.0. The Bertz CT molecular complexity index is 2640. The summed E-state index contributed by atoms with van der Waals surface area (Å²) in [5, 5.41) is 10.9. The highest BCUT2D eigenvalue weighted by atomic mass is 16.2. The molecular weight excluding hydrogens is 967 g/mol. The quantitative estimate of drug-likeness (QED) is 0.0621. The van der Waals surface area contributed by atoms with Crippen molar-refractivity contribution in [3.8, 4) is 0 Å². The van der Waals surface area contributed by atoms with E-state index in [0.29, 0.717) is 63.0 Å². The number of hydrogen-bond acceptors (Lipinski definition) is 9. The fraction of sp³-hybridized carbons (Fsp3) is 0.548. The van der Waals surface area contributed by atoms with Gasteiger partial charge in [-0.15, -0.1) is 0 Å². The first kappa shape index (κ1) is 57.0. The van der Waals surface area contributed by atoms with Gasteiger partial charge in [-0.25, -0.2) is 0 Å². The van der Waals surface area contributed by atoms with Crippen LogP contribution in [0.3, 0.4) is 0 Å². The van der Waals surface area contributed by atoms with E-state index in [0.717, 1.165) is 86.1 Å². The van der Waals surface area contributed by atoms with Crippen LogP contribution >= 0.6 is 0 Å². The minimum absolute atomic E-state index is 0.0189. The highest BCUT2D eigenvalue weighted by molar-refractivity contribution is 6.02. The van der Waals surface area contributed by atoms with Gasteiger partial charge >= 0.3 is 0 Å². The van der Waals surface area contributed by atoms with Gasteiger partial charge in [0.2, 0.25) is 23.6 Å². The number of nitrogens with one attached hydrogen (secondary N) is 3. The maximum Gasteiger partial charge on any atom is 0.253 e. The molecule has 77 heavy (non-hydrogen) atoms. The normalized spacial score (nSPS) is 21.4. The molecular formula is C62H85N9O6. The molecule has 7 atom stereocenters. The van der Waals surface area contributed by atoms with Gasteiger partial charge in [-0.1, -0.05) is 125 Å².